The Kier molecular flexibility index (Phi) is 1.75. The van der Waals surface area contributed by atoms with Crippen LogP contribution in [0.25, 0.3) is 0 Å². The molecule has 1 rings (SSSR count). The minimum absolute atomic E-state index is 0.663. The zero-order valence-electron chi connectivity index (χ0n) is 4.74. The predicted molar refractivity (Wildman–Crippen MR) is 41.4 cm³/mol. The summed E-state index contributed by atoms with van der Waals surface area (Å²) >= 11 is 4.63. The van der Waals surface area contributed by atoms with Gasteiger partial charge in [0.1, 0.15) is 0 Å². The zero-order valence-corrected chi connectivity index (χ0v) is 5.56. The van der Waals surface area contributed by atoms with Gasteiger partial charge in [0.15, 0.2) is 0 Å². The number of pyridine rings is 1. The first-order chi connectivity index (χ1) is 4.33. The Bertz CT molecular complexity index is 205. The molecule has 0 aliphatic rings. The molecule has 2 N–H and O–H groups in total. The lowest BCUT2D eigenvalue weighted by Gasteiger charge is -1.90. The summed E-state index contributed by atoms with van der Waals surface area (Å²) in [6.07, 6.45) is 1.58. The van der Waals surface area contributed by atoms with Crippen LogP contribution in [0, 0.1) is 0 Å². The maximum absolute atomic E-state index is 5.37. The van der Waals surface area contributed by atoms with Crippen molar-refractivity contribution in [1.82, 2.24) is 4.98 Å². The molecule has 9 heavy (non-hydrogen) atoms. The molecule has 0 spiro atoms. The summed E-state index contributed by atoms with van der Waals surface area (Å²) in [6, 6.07) is 3.55. The molecule has 0 radical (unpaired) electrons. The largest absolute Gasteiger partial charge is 0.397 e. The zero-order chi connectivity index (χ0) is 6.69. The Morgan fingerprint density at radius 2 is 2.33 bits per heavy atom. The molecular weight excluding hydrogens is 132 g/mol. The van der Waals surface area contributed by atoms with Crippen LogP contribution in [-0.4, -0.2) is 10.4 Å². The van der Waals surface area contributed by atoms with E-state index in [4.69, 9.17) is 5.73 Å². The van der Waals surface area contributed by atoms with Crippen LogP contribution in [-0.2, 0) is 0 Å². The van der Waals surface area contributed by atoms with Gasteiger partial charge in [-0.2, -0.15) is 0 Å². The molecule has 46 valence electrons. The van der Waals surface area contributed by atoms with Crippen molar-refractivity contribution in [1.29, 1.82) is 0 Å². The van der Waals surface area contributed by atoms with Gasteiger partial charge in [-0.25, -0.2) is 0 Å². The van der Waals surface area contributed by atoms with E-state index in [1.165, 1.54) is 5.37 Å². The molecular formula is C6H6N2S. The van der Waals surface area contributed by atoms with Crippen molar-refractivity contribution >= 4 is 23.3 Å². The molecule has 1 aromatic rings. The number of rotatable bonds is 1. The molecule has 0 bridgehead atoms. The van der Waals surface area contributed by atoms with Crippen molar-refractivity contribution in [2.24, 2.45) is 0 Å². The van der Waals surface area contributed by atoms with Gasteiger partial charge in [0.25, 0.3) is 0 Å². The van der Waals surface area contributed by atoms with E-state index in [2.05, 4.69) is 17.2 Å². The third-order valence-corrected chi connectivity index (χ3v) is 1.17. The van der Waals surface area contributed by atoms with E-state index in [0.717, 1.165) is 5.69 Å². The molecule has 2 nitrogen and oxygen atoms in total. The van der Waals surface area contributed by atoms with E-state index in [1.807, 2.05) is 0 Å². The van der Waals surface area contributed by atoms with Crippen LogP contribution in [0.15, 0.2) is 18.3 Å². The molecule has 0 unspecified atom stereocenters. The first-order valence-electron chi connectivity index (χ1n) is 2.49. The summed E-state index contributed by atoms with van der Waals surface area (Å²) in [5, 5.41) is 1.51. The first-order valence-corrected chi connectivity index (χ1v) is 2.97. The summed E-state index contributed by atoms with van der Waals surface area (Å²) in [4.78, 5) is 3.91. The van der Waals surface area contributed by atoms with Gasteiger partial charge in [0.2, 0.25) is 0 Å². The lowest BCUT2D eigenvalue weighted by Crippen LogP contribution is -1.88. The first kappa shape index (κ1) is 6.16. The third-order valence-electron chi connectivity index (χ3n) is 0.930. The fourth-order valence-corrected chi connectivity index (χ4v) is 0.626. The smallest absolute Gasteiger partial charge is 0.0738 e. The van der Waals surface area contributed by atoms with Crippen LogP contribution in [0.2, 0.25) is 0 Å². The number of anilines is 1. The highest BCUT2D eigenvalue weighted by molar-refractivity contribution is 7.79. The highest BCUT2D eigenvalue weighted by Crippen LogP contribution is 1.97. The van der Waals surface area contributed by atoms with Crippen molar-refractivity contribution in [3.63, 3.8) is 0 Å². The maximum Gasteiger partial charge on any atom is 0.0738 e. The number of aromatic nitrogens is 1. The Balaban J connectivity index is 3.01. The quantitative estimate of drug-likeness (QED) is 0.589. The summed E-state index contributed by atoms with van der Waals surface area (Å²) in [7, 11) is 0. The normalized spacial score (nSPS) is 8.89. The summed E-state index contributed by atoms with van der Waals surface area (Å²) in [5.41, 5.74) is 6.81. The van der Waals surface area contributed by atoms with Gasteiger partial charge in [-0.1, -0.05) is 12.2 Å². The van der Waals surface area contributed by atoms with Crippen LogP contribution in [0.5, 0.6) is 0 Å². The molecule has 0 aliphatic carbocycles. The second kappa shape index (κ2) is 2.55. The van der Waals surface area contributed by atoms with Crippen molar-refractivity contribution in [3.8, 4) is 0 Å². The molecule has 0 aromatic carbocycles. The molecule has 1 aromatic heterocycles. The monoisotopic (exact) mass is 138 g/mol. The van der Waals surface area contributed by atoms with Crippen molar-refractivity contribution < 1.29 is 0 Å². The van der Waals surface area contributed by atoms with Crippen LogP contribution in [0.4, 0.5) is 5.69 Å². The van der Waals surface area contributed by atoms with E-state index in [0.29, 0.717) is 5.69 Å². The Labute approximate surface area is 58.7 Å². The van der Waals surface area contributed by atoms with Gasteiger partial charge < -0.3 is 5.73 Å². The molecule has 0 atom stereocenters. The van der Waals surface area contributed by atoms with Crippen molar-refractivity contribution in [2.45, 2.75) is 0 Å². The van der Waals surface area contributed by atoms with Gasteiger partial charge in [-0.3, -0.25) is 4.98 Å². The molecule has 0 amide bonds. The fourth-order valence-electron chi connectivity index (χ4n) is 0.486. The number of hydrogen-bond donors (Lipinski definition) is 1. The van der Waals surface area contributed by atoms with Gasteiger partial charge in [0.05, 0.1) is 17.6 Å². The summed E-state index contributed by atoms with van der Waals surface area (Å²) < 4.78 is 0. The predicted octanol–water partition coefficient (Wildman–Crippen LogP) is 1.01. The van der Waals surface area contributed by atoms with E-state index in [9.17, 15) is 0 Å². The fraction of sp³-hybridized carbons (Fsp3) is 0. The van der Waals surface area contributed by atoms with Crippen molar-refractivity contribution in [2.75, 3.05) is 5.73 Å². The second-order valence-electron chi connectivity index (χ2n) is 1.63. The molecule has 3 heteroatoms. The van der Waals surface area contributed by atoms with Crippen molar-refractivity contribution in [3.05, 3.63) is 24.0 Å². The third kappa shape index (κ3) is 1.47. The van der Waals surface area contributed by atoms with Crippen LogP contribution < -0.4 is 5.73 Å². The highest BCUT2D eigenvalue weighted by atomic mass is 32.1. The Morgan fingerprint density at radius 3 is 2.78 bits per heavy atom. The number of nitrogens with two attached hydrogens (primary N) is 1. The lowest BCUT2D eigenvalue weighted by molar-refractivity contribution is 1.31. The van der Waals surface area contributed by atoms with E-state index in [-0.39, 0.29) is 0 Å². The number of nitrogens with zero attached hydrogens (tertiary/aromatic N) is 1. The average Bonchev–Trinajstić information content (AvgIpc) is 1.90. The van der Waals surface area contributed by atoms with E-state index < -0.39 is 0 Å². The number of hydrogen-bond acceptors (Lipinski definition) is 3. The molecule has 0 fully saturated rings. The van der Waals surface area contributed by atoms with E-state index >= 15 is 0 Å². The minimum atomic E-state index is 0.663. The van der Waals surface area contributed by atoms with Crippen LogP contribution in [0.3, 0.4) is 0 Å². The SMILES string of the molecule is Nc1ccc(C=S)nc1. The Hall–Kier alpha value is -0.960. The lowest BCUT2D eigenvalue weighted by atomic mass is 10.4. The molecule has 0 saturated heterocycles. The maximum atomic E-state index is 5.37. The average molecular weight is 138 g/mol. The minimum Gasteiger partial charge on any atom is -0.397 e. The Morgan fingerprint density at radius 1 is 1.56 bits per heavy atom. The van der Waals surface area contributed by atoms with E-state index in [1.54, 1.807) is 18.3 Å². The van der Waals surface area contributed by atoms with Gasteiger partial charge in [-0.15, -0.1) is 0 Å². The molecule has 1 heterocycles. The van der Waals surface area contributed by atoms with Gasteiger partial charge >= 0.3 is 0 Å². The van der Waals surface area contributed by atoms with Crippen LogP contribution in [0.1, 0.15) is 5.69 Å². The summed E-state index contributed by atoms with van der Waals surface area (Å²) in [5.74, 6) is 0. The number of thiocarbonyl (C=S) groups is 1. The number of nitrogen functional groups attached to an aromatic ring is 1. The summed E-state index contributed by atoms with van der Waals surface area (Å²) in [6.45, 7) is 0. The molecule has 0 aliphatic heterocycles. The van der Waals surface area contributed by atoms with Gasteiger partial charge in [-0.05, 0) is 12.1 Å². The topological polar surface area (TPSA) is 38.9 Å². The van der Waals surface area contributed by atoms with Crippen LogP contribution >= 0.6 is 12.2 Å². The van der Waals surface area contributed by atoms with Gasteiger partial charge in [0, 0.05) is 5.37 Å². The highest BCUT2D eigenvalue weighted by Gasteiger charge is 1.85. The standard InChI is InChI=1S/C6H6N2S/c7-5-1-2-6(4-9)8-3-5/h1-4H,7H2. The molecule has 0 saturated carbocycles. The second-order valence-corrected chi connectivity index (χ2v) is 1.87.